The lowest BCUT2D eigenvalue weighted by atomic mass is 10.2. The number of carbonyl (C=O) groups is 2. The molecule has 0 saturated heterocycles. The van der Waals surface area contributed by atoms with Crippen molar-refractivity contribution in [3.63, 3.8) is 0 Å². The van der Waals surface area contributed by atoms with Gasteiger partial charge < -0.3 is 14.8 Å². The molecule has 0 bridgehead atoms. The van der Waals surface area contributed by atoms with E-state index in [4.69, 9.17) is 32.7 Å². The number of ether oxygens (including phenoxy) is 2. The van der Waals surface area contributed by atoms with E-state index in [9.17, 15) is 22.8 Å². The van der Waals surface area contributed by atoms with E-state index in [1.54, 1.807) is 30.3 Å². The van der Waals surface area contributed by atoms with Gasteiger partial charge >= 0.3 is 18.0 Å². The van der Waals surface area contributed by atoms with Crippen LogP contribution in [0.5, 0.6) is 11.5 Å². The van der Waals surface area contributed by atoms with Crippen LogP contribution in [0.15, 0.2) is 64.2 Å². The molecule has 37 heavy (non-hydrogen) atoms. The van der Waals surface area contributed by atoms with Gasteiger partial charge in [-0.05, 0) is 64.0 Å². The van der Waals surface area contributed by atoms with Crippen molar-refractivity contribution in [1.29, 1.82) is 0 Å². The molecule has 0 radical (unpaired) electrons. The smallest absolute Gasteiger partial charge is 0.416 e. The van der Waals surface area contributed by atoms with Crippen molar-refractivity contribution in [2.45, 2.75) is 12.8 Å². The number of benzene rings is 3. The van der Waals surface area contributed by atoms with E-state index >= 15 is 0 Å². The van der Waals surface area contributed by atoms with Crippen molar-refractivity contribution < 1.29 is 32.2 Å². The molecule has 13 heteroatoms. The minimum atomic E-state index is -4.59. The lowest BCUT2D eigenvalue weighted by molar-refractivity contribution is -0.137. The maximum atomic E-state index is 12.8. The minimum absolute atomic E-state index is 0.134. The summed E-state index contributed by atoms with van der Waals surface area (Å²) in [5.41, 5.74) is 2.03. The zero-order valence-electron chi connectivity index (χ0n) is 18.8. The van der Waals surface area contributed by atoms with Crippen LogP contribution in [-0.4, -0.2) is 25.1 Å². The number of methoxy groups -OCH3 is 1. The first-order valence-electron chi connectivity index (χ1n) is 10.2. The van der Waals surface area contributed by atoms with E-state index in [0.29, 0.717) is 43.2 Å². The molecule has 0 unspecified atom stereocenters. The largest absolute Gasteiger partial charge is 0.493 e. The van der Waals surface area contributed by atoms with Gasteiger partial charge in [-0.15, -0.1) is 0 Å². The van der Waals surface area contributed by atoms with Crippen molar-refractivity contribution in [3.8, 4) is 11.5 Å². The average Bonchev–Trinajstić information content (AvgIpc) is 2.83. The Morgan fingerprint density at radius 2 is 1.84 bits per heavy atom. The molecule has 0 spiro atoms. The second-order valence-corrected chi connectivity index (χ2v) is 8.99. The van der Waals surface area contributed by atoms with Crippen molar-refractivity contribution >= 4 is 62.8 Å². The number of hydrogen-bond donors (Lipinski definition) is 2. The third-order valence-electron chi connectivity index (χ3n) is 4.67. The van der Waals surface area contributed by atoms with Gasteiger partial charge in [0, 0.05) is 21.3 Å². The zero-order chi connectivity index (χ0) is 27.2. The molecule has 0 aliphatic rings. The Morgan fingerprint density at radius 3 is 2.51 bits per heavy atom. The van der Waals surface area contributed by atoms with E-state index in [2.05, 4.69) is 26.3 Å². The number of carbonyl (C=O) groups excluding carboxylic acids is 2. The summed E-state index contributed by atoms with van der Waals surface area (Å²) in [5, 5.41) is 6.74. The highest BCUT2D eigenvalue weighted by atomic mass is 79.9. The third-order valence-corrected chi connectivity index (χ3v) is 5.85. The number of alkyl halides is 3. The SMILES string of the molecule is COc1cc(/C=N/NC(=O)C(=O)Nc2cccc(C(F)(F)F)c2)cc(Br)c1OCc1ccc(Cl)cc1Cl. The van der Waals surface area contributed by atoms with Crippen LogP contribution >= 0.6 is 39.1 Å². The average molecular weight is 619 g/mol. The Kier molecular flexibility index (Phi) is 9.41. The van der Waals surface area contributed by atoms with E-state index in [1.807, 2.05) is 5.43 Å². The van der Waals surface area contributed by atoms with Gasteiger partial charge in [0.05, 0.1) is 23.4 Å². The Morgan fingerprint density at radius 1 is 1.08 bits per heavy atom. The van der Waals surface area contributed by atoms with Gasteiger partial charge in [-0.3, -0.25) is 9.59 Å². The third kappa shape index (κ3) is 7.85. The van der Waals surface area contributed by atoms with Crippen LogP contribution in [-0.2, 0) is 22.4 Å². The van der Waals surface area contributed by atoms with Gasteiger partial charge in [0.25, 0.3) is 0 Å². The molecule has 0 aliphatic carbocycles. The van der Waals surface area contributed by atoms with Crippen LogP contribution < -0.4 is 20.2 Å². The molecule has 2 N–H and O–H groups in total. The van der Waals surface area contributed by atoms with E-state index in [1.165, 1.54) is 19.4 Å². The molecule has 0 atom stereocenters. The summed E-state index contributed by atoms with van der Waals surface area (Å²) in [6, 6.07) is 12.1. The molecule has 194 valence electrons. The Bertz CT molecular complexity index is 1350. The quantitative estimate of drug-likeness (QED) is 0.181. The summed E-state index contributed by atoms with van der Waals surface area (Å²) >= 11 is 15.5. The number of hydrazone groups is 1. The van der Waals surface area contributed by atoms with Crippen LogP contribution in [0, 0.1) is 0 Å². The first-order chi connectivity index (χ1) is 17.5. The number of rotatable bonds is 7. The van der Waals surface area contributed by atoms with Crippen LogP contribution in [0.2, 0.25) is 10.0 Å². The lowest BCUT2D eigenvalue weighted by Crippen LogP contribution is -2.32. The lowest BCUT2D eigenvalue weighted by Gasteiger charge is -2.14. The normalized spacial score (nSPS) is 11.3. The van der Waals surface area contributed by atoms with E-state index < -0.39 is 23.6 Å². The number of anilines is 1. The van der Waals surface area contributed by atoms with Crippen molar-refractivity contribution in [3.05, 3.63) is 85.8 Å². The molecule has 0 fully saturated rings. The highest BCUT2D eigenvalue weighted by molar-refractivity contribution is 9.10. The molecule has 0 aromatic heterocycles. The zero-order valence-corrected chi connectivity index (χ0v) is 21.9. The molecule has 0 saturated carbocycles. The fourth-order valence-corrected chi connectivity index (χ4v) is 3.96. The van der Waals surface area contributed by atoms with E-state index in [-0.39, 0.29) is 12.3 Å². The highest BCUT2D eigenvalue weighted by Gasteiger charge is 2.30. The van der Waals surface area contributed by atoms with Gasteiger partial charge in [0.15, 0.2) is 11.5 Å². The summed E-state index contributed by atoms with van der Waals surface area (Å²) in [6.07, 6.45) is -3.35. The molecule has 0 aliphatic heterocycles. The first kappa shape index (κ1) is 28.3. The summed E-state index contributed by atoms with van der Waals surface area (Å²) in [4.78, 5) is 24.0. The van der Waals surface area contributed by atoms with Crippen LogP contribution in [0.3, 0.4) is 0 Å². The Hall–Kier alpha value is -3.28. The van der Waals surface area contributed by atoms with Crippen molar-refractivity contribution in [2.24, 2.45) is 5.10 Å². The number of nitrogens with one attached hydrogen (secondary N) is 2. The van der Waals surface area contributed by atoms with E-state index in [0.717, 1.165) is 12.1 Å². The monoisotopic (exact) mass is 617 g/mol. The second kappa shape index (κ2) is 12.3. The molecule has 2 amide bonds. The molecular weight excluding hydrogens is 602 g/mol. The first-order valence-corrected chi connectivity index (χ1v) is 11.8. The molecule has 3 aromatic carbocycles. The second-order valence-electron chi connectivity index (χ2n) is 7.29. The van der Waals surface area contributed by atoms with Crippen molar-refractivity contribution in [2.75, 3.05) is 12.4 Å². The summed E-state index contributed by atoms with van der Waals surface area (Å²) in [7, 11) is 1.44. The fraction of sp³-hybridized carbons (Fsp3) is 0.125. The summed E-state index contributed by atoms with van der Waals surface area (Å²) in [6.45, 7) is 0.134. The maximum absolute atomic E-state index is 12.8. The Labute approximate surface area is 227 Å². The highest BCUT2D eigenvalue weighted by Crippen LogP contribution is 2.37. The van der Waals surface area contributed by atoms with Gasteiger partial charge in [-0.25, -0.2) is 5.43 Å². The minimum Gasteiger partial charge on any atom is -0.493 e. The molecule has 0 heterocycles. The fourth-order valence-electron chi connectivity index (χ4n) is 2.92. The van der Waals surface area contributed by atoms with Gasteiger partial charge in [-0.1, -0.05) is 35.3 Å². The van der Waals surface area contributed by atoms with Gasteiger partial charge in [0.2, 0.25) is 0 Å². The molecule has 3 rings (SSSR count). The number of halogens is 6. The molecule has 7 nitrogen and oxygen atoms in total. The Balaban J connectivity index is 1.63. The predicted octanol–water partition coefficient (Wildman–Crippen LogP) is 6.45. The number of nitrogens with zero attached hydrogens (tertiary/aromatic N) is 1. The molecular formula is C24H17BrCl2F3N3O4. The van der Waals surface area contributed by atoms with Gasteiger partial charge in [0.1, 0.15) is 6.61 Å². The predicted molar refractivity (Wildman–Crippen MR) is 137 cm³/mol. The summed E-state index contributed by atoms with van der Waals surface area (Å²) < 4.78 is 50.1. The van der Waals surface area contributed by atoms with Crippen LogP contribution in [0.1, 0.15) is 16.7 Å². The standard InChI is InChI=1S/C24H17BrCl2F3N3O4/c1-36-20-8-13(7-18(25)21(20)37-12-14-5-6-16(26)10-19(14)27)11-31-33-23(35)22(34)32-17-4-2-3-15(9-17)24(28,29)30/h2-11H,12H2,1H3,(H,32,34)(H,33,35)/b31-11+. The van der Waals surface area contributed by atoms with Crippen LogP contribution in [0.25, 0.3) is 0 Å². The summed E-state index contributed by atoms with van der Waals surface area (Å²) in [5.74, 6) is -1.65. The van der Waals surface area contributed by atoms with Gasteiger partial charge in [-0.2, -0.15) is 18.3 Å². The number of hydrogen-bond acceptors (Lipinski definition) is 5. The van der Waals surface area contributed by atoms with Crippen molar-refractivity contribution in [1.82, 2.24) is 5.43 Å². The number of amides is 2. The maximum Gasteiger partial charge on any atom is 0.416 e. The topological polar surface area (TPSA) is 89.0 Å². The molecule has 3 aromatic rings. The van der Waals surface area contributed by atoms with Crippen LogP contribution in [0.4, 0.5) is 18.9 Å².